The first kappa shape index (κ1) is 10.0. The Labute approximate surface area is 89.0 Å². The molecule has 0 atom stereocenters. The van der Waals surface area contributed by atoms with E-state index in [9.17, 15) is 4.79 Å². The van der Waals surface area contributed by atoms with E-state index in [1.807, 2.05) is 6.07 Å². The maximum atomic E-state index is 10.8. The molecule has 1 aliphatic carbocycles. The molecule has 0 aliphatic heterocycles. The highest BCUT2D eigenvalue weighted by atomic mass is 16.5. The van der Waals surface area contributed by atoms with Crippen molar-refractivity contribution in [3.8, 4) is 11.5 Å². The van der Waals surface area contributed by atoms with E-state index in [2.05, 4.69) is 0 Å². The maximum absolute atomic E-state index is 10.8. The van der Waals surface area contributed by atoms with Crippen LogP contribution in [0.4, 0.5) is 0 Å². The van der Waals surface area contributed by atoms with Crippen molar-refractivity contribution >= 4 is 6.29 Å². The Balaban J connectivity index is 2.53. The summed E-state index contributed by atoms with van der Waals surface area (Å²) in [6.07, 6.45) is 3.18. The summed E-state index contributed by atoms with van der Waals surface area (Å²) in [5.41, 5.74) is 1.69. The Morgan fingerprint density at radius 2 is 1.87 bits per heavy atom. The minimum atomic E-state index is 0.541. The van der Waals surface area contributed by atoms with Crippen LogP contribution in [-0.2, 0) is 0 Å². The Morgan fingerprint density at radius 1 is 1.20 bits per heavy atom. The van der Waals surface area contributed by atoms with Gasteiger partial charge in [0.25, 0.3) is 0 Å². The lowest BCUT2D eigenvalue weighted by atomic mass is 10.1. The Hall–Kier alpha value is -1.51. The molecule has 80 valence electrons. The first-order valence-electron chi connectivity index (χ1n) is 5.01. The van der Waals surface area contributed by atoms with Crippen LogP contribution < -0.4 is 9.47 Å². The molecule has 0 bridgehead atoms. The molecule has 15 heavy (non-hydrogen) atoms. The SMILES string of the molecule is COc1c(C=O)ccc(C2CC2)c1OC. The molecular weight excluding hydrogens is 192 g/mol. The lowest BCUT2D eigenvalue weighted by Gasteiger charge is -2.13. The summed E-state index contributed by atoms with van der Waals surface area (Å²) < 4.78 is 10.5. The van der Waals surface area contributed by atoms with E-state index in [0.29, 0.717) is 23.0 Å². The van der Waals surface area contributed by atoms with E-state index in [1.54, 1.807) is 20.3 Å². The zero-order valence-corrected chi connectivity index (χ0v) is 8.95. The van der Waals surface area contributed by atoms with E-state index in [-0.39, 0.29) is 0 Å². The first-order valence-corrected chi connectivity index (χ1v) is 5.01. The van der Waals surface area contributed by atoms with Crippen LogP contribution in [0.2, 0.25) is 0 Å². The smallest absolute Gasteiger partial charge is 0.171 e. The zero-order chi connectivity index (χ0) is 10.8. The highest BCUT2D eigenvalue weighted by molar-refractivity contribution is 5.82. The number of hydrogen-bond acceptors (Lipinski definition) is 3. The van der Waals surface area contributed by atoms with Gasteiger partial charge < -0.3 is 9.47 Å². The average Bonchev–Trinajstić information content (AvgIpc) is 3.10. The average molecular weight is 206 g/mol. The quantitative estimate of drug-likeness (QED) is 0.709. The number of carbonyl (C=O) groups excluding carboxylic acids is 1. The molecule has 3 heteroatoms. The predicted molar refractivity (Wildman–Crippen MR) is 56.9 cm³/mol. The molecule has 0 spiro atoms. The second-order valence-electron chi connectivity index (χ2n) is 3.70. The minimum Gasteiger partial charge on any atom is -0.493 e. The number of benzene rings is 1. The second-order valence-corrected chi connectivity index (χ2v) is 3.70. The summed E-state index contributed by atoms with van der Waals surface area (Å²) >= 11 is 0. The Bertz CT molecular complexity index is 381. The summed E-state index contributed by atoms with van der Waals surface area (Å²) in [5.74, 6) is 1.84. The molecule has 1 aromatic rings. The molecule has 0 heterocycles. The molecule has 1 aromatic carbocycles. The van der Waals surface area contributed by atoms with Gasteiger partial charge in [0.1, 0.15) is 0 Å². The molecule has 2 rings (SSSR count). The second kappa shape index (κ2) is 3.93. The molecule has 0 unspecified atom stereocenters. The molecule has 1 aliphatic rings. The normalized spacial score (nSPS) is 14.8. The summed E-state index contributed by atoms with van der Waals surface area (Å²) in [6, 6.07) is 3.75. The molecule has 0 aromatic heterocycles. The van der Waals surface area contributed by atoms with Gasteiger partial charge >= 0.3 is 0 Å². The molecular formula is C12H14O3. The summed E-state index contributed by atoms with van der Waals surface area (Å²) in [7, 11) is 3.17. The van der Waals surface area contributed by atoms with Crippen molar-refractivity contribution in [1.29, 1.82) is 0 Å². The van der Waals surface area contributed by atoms with Crippen LogP contribution in [-0.4, -0.2) is 20.5 Å². The summed E-state index contributed by atoms with van der Waals surface area (Å²) in [6.45, 7) is 0. The van der Waals surface area contributed by atoms with Crippen molar-refractivity contribution in [1.82, 2.24) is 0 Å². The molecule has 1 saturated carbocycles. The first-order chi connectivity index (χ1) is 7.31. The van der Waals surface area contributed by atoms with Gasteiger partial charge in [-0.3, -0.25) is 4.79 Å². The van der Waals surface area contributed by atoms with E-state index >= 15 is 0 Å². The van der Waals surface area contributed by atoms with Gasteiger partial charge in [-0.15, -0.1) is 0 Å². The van der Waals surface area contributed by atoms with Crippen LogP contribution in [0.5, 0.6) is 11.5 Å². The standard InChI is InChI=1S/C12H14O3/c1-14-11-9(7-13)5-6-10(8-3-4-8)12(11)15-2/h5-8H,3-4H2,1-2H3. The van der Waals surface area contributed by atoms with Gasteiger partial charge in [-0.05, 0) is 24.8 Å². The van der Waals surface area contributed by atoms with E-state index in [0.717, 1.165) is 11.8 Å². The Kier molecular flexibility index (Phi) is 2.62. The highest BCUT2D eigenvalue weighted by Gasteiger charge is 2.29. The number of aldehydes is 1. The lowest BCUT2D eigenvalue weighted by Crippen LogP contribution is -1.98. The third-order valence-electron chi connectivity index (χ3n) is 2.73. The van der Waals surface area contributed by atoms with Crippen LogP contribution in [0.1, 0.15) is 34.7 Å². The molecule has 0 amide bonds. The van der Waals surface area contributed by atoms with Crippen molar-refractivity contribution in [3.63, 3.8) is 0 Å². The molecule has 0 radical (unpaired) electrons. The number of ether oxygens (including phenoxy) is 2. The third-order valence-corrected chi connectivity index (χ3v) is 2.73. The minimum absolute atomic E-state index is 0.541. The van der Waals surface area contributed by atoms with E-state index < -0.39 is 0 Å². The molecule has 3 nitrogen and oxygen atoms in total. The monoisotopic (exact) mass is 206 g/mol. The van der Waals surface area contributed by atoms with Crippen LogP contribution >= 0.6 is 0 Å². The highest BCUT2D eigenvalue weighted by Crippen LogP contribution is 2.48. The number of hydrogen-bond donors (Lipinski definition) is 0. The predicted octanol–water partition coefficient (Wildman–Crippen LogP) is 2.39. The molecule has 0 saturated heterocycles. The van der Waals surface area contributed by atoms with Crippen molar-refractivity contribution in [2.45, 2.75) is 18.8 Å². The van der Waals surface area contributed by atoms with Crippen LogP contribution in [0.25, 0.3) is 0 Å². The van der Waals surface area contributed by atoms with E-state index in [1.165, 1.54) is 12.8 Å². The summed E-state index contributed by atoms with van der Waals surface area (Å²) in [4.78, 5) is 10.8. The van der Waals surface area contributed by atoms with Gasteiger partial charge in [0.15, 0.2) is 17.8 Å². The van der Waals surface area contributed by atoms with Gasteiger partial charge in [-0.1, -0.05) is 6.07 Å². The van der Waals surface area contributed by atoms with Crippen molar-refractivity contribution in [2.75, 3.05) is 14.2 Å². The number of methoxy groups -OCH3 is 2. The van der Waals surface area contributed by atoms with Crippen LogP contribution in [0.15, 0.2) is 12.1 Å². The topological polar surface area (TPSA) is 35.5 Å². The van der Waals surface area contributed by atoms with Crippen LogP contribution in [0.3, 0.4) is 0 Å². The Morgan fingerprint density at radius 3 is 2.33 bits per heavy atom. The number of carbonyl (C=O) groups is 1. The van der Waals surface area contributed by atoms with Crippen molar-refractivity contribution in [2.24, 2.45) is 0 Å². The van der Waals surface area contributed by atoms with Gasteiger partial charge in [0.05, 0.1) is 19.8 Å². The van der Waals surface area contributed by atoms with Crippen LogP contribution in [0, 0.1) is 0 Å². The van der Waals surface area contributed by atoms with Gasteiger partial charge in [0, 0.05) is 5.56 Å². The van der Waals surface area contributed by atoms with E-state index in [4.69, 9.17) is 9.47 Å². The fourth-order valence-corrected chi connectivity index (χ4v) is 1.82. The van der Waals surface area contributed by atoms with Gasteiger partial charge in [-0.2, -0.15) is 0 Å². The molecule has 1 fully saturated rings. The fraction of sp³-hybridized carbons (Fsp3) is 0.417. The fourth-order valence-electron chi connectivity index (χ4n) is 1.82. The lowest BCUT2D eigenvalue weighted by molar-refractivity contribution is 0.112. The molecule has 0 N–H and O–H groups in total. The number of rotatable bonds is 4. The van der Waals surface area contributed by atoms with Gasteiger partial charge in [-0.25, -0.2) is 0 Å². The van der Waals surface area contributed by atoms with Crippen molar-refractivity contribution in [3.05, 3.63) is 23.3 Å². The van der Waals surface area contributed by atoms with Crippen molar-refractivity contribution < 1.29 is 14.3 Å². The third kappa shape index (κ3) is 1.69. The zero-order valence-electron chi connectivity index (χ0n) is 8.95. The maximum Gasteiger partial charge on any atom is 0.171 e. The van der Waals surface area contributed by atoms with Gasteiger partial charge in [0.2, 0.25) is 0 Å². The summed E-state index contributed by atoms with van der Waals surface area (Å²) in [5, 5.41) is 0. The largest absolute Gasteiger partial charge is 0.493 e.